The van der Waals surface area contributed by atoms with E-state index in [-0.39, 0.29) is 23.7 Å². The van der Waals surface area contributed by atoms with E-state index in [4.69, 9.17) is 16.9 Å². The number of amides is 5. The Labute approximate surface area is 148 Å². The minimum absolute atomic E-state index is 0.0147. The standard InChI is InChI=1S/C16H15ClN4O4/c1-9(2)7-20-14(23)15(24)21(16(20)25)8-13(22)19-12-5-11(17)4-3-10(12)6-18/h3-5,9H,7-8H2,1-2H3,(H,19,22). The van der Waals surface area contributed by atoms with Gasteiger partial charge in [0.05, 0.1) is 11.3 Å². The Balaban J connectivity index is 2.12. The molecule has 0 unspecified atom stereocenters. The summed E-state index contributed by atoms with van der Waals surface area (Å²) < 4.78 is 0. The Kier molecular flexibility index (Phi) is 5.39. The predicted octanol–water partition coefficient (Wildman–Crippen LogP) is 1.60. The van der Waals surface area contributed by atoms with Gasteiger partial charge in [0.25, 0.3) is 0 Å². The van der Waals surface area contributed by atoms with Crippen LogP contribution in [0.5, 0.6) is 0 Å². The molecule has 9 heteroatoms. The maximum absolute atomic E-state index is 12.2. The van der Waals surface area contributed by atoms with Gasteiger partial charge in [0, 0.05) is 11.6 Å². The van der Waals surface area contributed by atoms with Gasteiger partial charge in [0.15, 0.2) is 0 Å². The van der Waals surface area contributed by atoms with Gasteiger partial charge >= 0.3 is 17.8 Å². The molecule has 0 aliphatic carbocycles. The normalized spacial score (nSPS) is 14.3. The molecule has 0 aromatic heterocycles. The number of benzene rings is 1. The van der Waals surface area contributed by atoms with Crippen LogP contribution in [0.1, 0.15) is 19.4 Å². The number of carbonyl (C=O) groups is 4. The van der Waals surface area contributed by atoms with E-state index in [1.165, 1.54) is 18.2 Å². The number of imide groups is 2. The van der Waals surface area contributed by atoms with Gasteiger partial charge in [-0.05, 0) is 24.1 Å². The van der Waals surface area contributed by atoms with Crippen LogP contribution in [-0.2, 0) is 14.4 Å². The topological polar surface area (TPSA) is 111 Å². The largest absolute Gasteiger partial charge is 0.334 e. The first kappa shape index (κ1) is 18.4. The molecule has 2 rings (SSSR count). The second kappa shape index (κ2) is 7.32. The van der Waals surface area contributed by atoms with E-state index in [9.17, 15) is 19.2 Å². The summed E-state index contributed by atoms with van der Waals surface area (Å²) in [5.41, 5.74) is 0.332. The molecule has 1 aliphatic rings. The van der Waals surface area contributed by atoms with Gasteiger partial charge < -0.3 is 5.32 Å². The first-order valence-corrected chi connectivity index (χ1v) is 7.79. The van der Waals surface area contributed by atoms with Crippen molar-refractivity contribution in [2.45, 2.75) is 13.8 Å². The number of nitrogens with one attached hydrogen (secondary N) is 1. The summed E-state index contributed by atoms with van der Waals surface area (Å²) in [7, 11) is 0. The fraction of sp³-hybridized carbons (Fsp3) is 0.312. The van der Waals surface area contributed by atoms with Gasteiger partial charge in [0.1, 0.15) is 12.6 Å². The van der Waals surface area contributed by atoms with Crippen molar-refractivity contribution >= 4 is 41.0 Å². The van der Waals surface area contributed by atoms with E-state index in [0.29, 0.717) is 9.92 Å². The Morgan fingerprint density at radius 3 is 2.48 bits per heavy atom. The van der Waals surface area contributed by atoms with Gasteiger partial charge in [-0.2, -0.15) is 5.26 Å². The Bertz CT molecular complexity index is 800. The zero-order chi connectivity index (χ0) is 18.7. The van der Waals surface area contributed by atoms with E-state index < -0.39 is 30.3 Å². The van der Waals surface area contributed by atoms with E-state index in [1.54, 1.807) is 13.8 Å². The van der Waals surface area contributed by atoms with Crippen LogP contribution >= 0.6 is 11.6 Å². The molecule has 1 aromatic rings. The lowest BCUT2D eigenvalue weighted by molar-refractivity contribution is -0.143. The number of rotatable bonds is 5. The van der Waals surface area contributed by atoms with Gasteiger partial charge in [-0.15, -0.1) is 0 Å². The SMILES string of the molecule is CC(C)CN1C(=O)C(=O)N(CC(=O)Nc2cc(Cl)ccc2C#N)C1=O. The summed E-state index contributed by atoms with van der Waals surface area (Å²) in [5, 5.41) is 11.8. The molecule has 8 nitrogen and oxygen atoms in total. The number of urea groups is 1. The molecule has 1 aromatic carbocycles. The van der Waals surface area contributed by atoms with Crippen molar-refractivity contribution < 1.29 is 19.2 Å². The van der Waals surface area contributed by atoms with Gasteiger partial charge in [-0.3, -0.25) is 19.3 Å². The summed E-state index contributed by atoms with van der Waals surface area (Å²) in [6.45, 7) is 3.05. The van der Waals surface area contributed by atoms with E-state index >= 15 is 0 Å². The Hall–Kier alpha value is -2.92. The number of halogens is 1. The van der Waals surface area contributed by atoms with Gasteiger partial charge in [-0.25, -0.2) is 9.69 Å². The first-order valence-electron chi connectivity index (χ1n) is 7.41. The molecule has 130 valence electrons. The average Bonchev–Trinajstić information content (AvgIpc) is 2.72. The molecule has 5 amide bonds. The lowest BCUT2D eigenvalue weighted by Gasteiger charge is -2.17. The summed E-state index contributed by atoms with van der Waals surface area (Å²) in [6, 6.07) is 5.36. The fourth-order valence-corrected chi connectivity index (χ4v) is 2.44. The van der Waals surface area contributed by atoms with Crippen LogP contribution < -0.4 is 5.32 Å². The lowest BCUT2D eigenvalue weighted by atomic mass is 10.2. The van der Waals surface area contributed by atoms with Crippen LogP contribution in [0.2, 0.25) is 5.02 Å². The van der Waals surface area contributed by atoms with Crippen LogP contribution in [0.3, 0.4) is 0 Å². The summed E-state index contributed by atoms with van der Waals surface area (Å²) in [4.78, 5) is 49.5. The second-order valence-electron chi connectivity index (χ2n) is 5.83. The molecule has 1 N–H and O–H groups in total. The molecule has 1 aliphatic heterocycles. The summed E-state index contributed by atoms with van der Waals surface area (Å²) in [6.07, 6.45) is 0. The molecule has 0 saturated carbocycles. The second-order valence-corrected chi connectivity index (χ2v) is 6.27. The highest BCUT2D eigenvalue weighted by molar-refractivity contribution is 6.45. The van der Waals surface area contributed by atoms with Crippen molar-refractivity contribution in [3.8, 4) is 6.07 Å². The molecule has 1 fully saturated rings. The smallest absolute Gasteiger partial charge is 0.323 e. The van der Waals surface area contributed by atoms with Crippen molar-refractivity contribution in [2.24, 2.45) is 5.92 Å². The fourth-order valence-electron chi connectivity index (χ4n) is 2.27. The summed E-state index contributed by atoms with van der Waals surface area (Å²) >= 11 is 5.83. The van der Waals surface area contributed by atoms with E-state index in [0.717, 1.165) is 4.90 Å². The third kappa shape index (κ3) is 3.95. The van der Waals surface area contributed by atoms with E-state index in [1.807, 2.05) is 6.07 Å². The molecule has 25 heavy (non-hydrogen) atoms. The van der Waals surface area contributed by atoms with Crippen molar-refractivity contribution in [3.05, 3.63) is 28.8 Å². The van der Waals surface area contributed by atoms with Gasteiger partial charge in [-0.1, -0.05) is 25.4 Å². The van der Waals surface area contributed by atoms with Crippen molar-refractivity contribution in [3.63, 3.8) is 0 Å². The third-order valence-electron chi connectivity index (χ3n) is 3.36. The molecule has 1 heterocycles. The number of nitriles is 1. The lowest BCUT2D eigenvalue weighted by Crippen LogP contribution is -2.39. The molecular formula is C16H15ClN4O4. The van der Waals surface area contributed by atoms with Crippen LogP contribution in [0.4, 0.5) is 10.5 Å². The molecular weight excluding hydrogens is 348 g/mol. The highest BCUT2D eigenvalue weighted by Gasteiger charge is 2.45. The predicted molar refractivity (Wildman–Crippen MR) is 88.5 cm³/mol. The Morgan fingerprint density at radius 1 is 1.24 bits per heavy atom. The van der Waals surface area contributed by atoms with Crippen molar-refractivity contribution in [1.82, 2.24) is 9.80 Å². The minimum Gasteiger partial charge on any atom is -0.323 e. The summed E-state index contributed by atoms with van der Waals surface area (Å²) in [5.74, 6) is -2.74. The highest BCUT2D eigenvalue weighted by Crippen LogP contribution is 2.21. The van der Waals surface area contributed by atoms with Crippen LogP contribution in [0, 0.1) is 17.2 Å². The third-order valence-corrected chi connectivity index (χ3v) is 3.60. The maximum Gasteiger partial charge on any atom is 0.334 e. The molecule has 0 radical (unpaired) electrons. The quantitative estimate of drug-likeness (QED) is 0.631. The zero-order valence-electron chi connectivity index (χ0n) is 13.6. The molecule has 1 saturated heterocycles. The molecule has 0 bridgehead atoms. The van der Waals surface area contributed by atoms with Crippen molar-refractivity contribution in [2.75, 3.05) is 18.4 Å². The maximum atomic E-state index is 12.2. The molecule has 0 spiro atoms. The highest BCUT2D eigenvalue weighted by atomic mass is 35.5. The first-order chi connectivity index (χ1) is 11.7. The number of hydrogen-bond donors (Lipinski definition) is 1. The van der Waals surface area contributed by atoms with Gasteiger partial charge in [0.2, 0.25) is 5.91 Å². The average molecular weight is 363 g/mol. The van der Waals surface area contributed by atoms with Crippen LogP contribution in [-0.4, -0.2) is 46.6 Å². The number of carbonyl (C=O) groups excluding carboxylic acids is 4. The Morgan fingerprint density at radius 2 is 1.88 bits per heavy atom. The van der Waals surface area contributed by atoms with Crippen LogP contribution in [0.15, 0.2) is 18.2 Å². The number of nitrogens with zero attached hydrogens (tertiary/aromatic N) is 3. The number of anilines is 1. The van der Waals surface area contributed by atoms with E-state index in [2.05, 4.69) is 5.32 Å². The van der Waals surface area contributed by atoms with Crippen LogP contribution in [0.25, 0.3) is 0 Å². The van der Waals surface area contributed by atoms with Crippen molar-refractivity contribution in [1.29, 1.82) is 5.26 Å². The zero-order valence-corrected chi connectivity index (χ0v) is 14.3. The monoisotopic (exact) mass is 362 g/mol. The number of hydrogen-bond acceptors (Lipinski definition) is 5. The molecule has 0 atom stereocenters. The minimum atomic E-state index is -1.05.